The van der Waals surface area contributed by atoms with Crippen molar-refractivity contribution >= 4 is 42.3 Å². The maximum absolute atomic E-state index is 5.30. The summed E-state index contributed by atoms with van der Waals surface area (Å²) >= 11 is 1.82. The van der Waals surface area contributed by atoms with Crippen LogP contribution in [-0.2, 0) is 5.41 Å². The van der Waals surface area contributed by atoms with Gasteiger partial charge < -0.3 is 0 Å². The van der Waals surface area contributed by atoms with Crippen molar-refractivity contribution in [3.05, 3.63) is 211 Å². The van der Waals surface area contributed by atoms with Crippen molar-refractivity contribution in [1.82, 2.24) is 15.0 Å². The monoisotopic (exact) mass is 809 g/mol. The molecule has 292 valence electrons. The summed E-state index contributed by atoms with van der Waals surface area (Å²) in [6.45, 7) is 4.67. The highest BCUT2D eigenvalue weighted by Gasteiger charge is 2.37. The van der Waals surface area contributed by atoms with Gasteiger partial charge in [-0.25, -0.2) is 15.0 Å². The molecule has 0 radical (unpaired) electrons. The van der Waals surface area contributed by atoms with Gasteiger partial charge in [0.05, 0.1) is 0 Å². The molecule has 11 aromatic rings. The maximum Gasteiger partial charge on any atom is 0.164 e. The normalized spacial score (nSPS) is 12.8. The average molecular weight is 810 g/mol. The van der Waals surface area contributed by atoms with E-state index in [4.69, 9.17) is 15.0 Å². The third-order valence-corrected chi connectivity index (χ3v) is 13.9. The van der Waals surface area contributed by atoms with Crippen molar-refractivity contribution in [2.45, 2.75) is 19.3 Å². The van der Waals surface area contributed by atoms with Crippen molar-refractivity contribution in [2.24, 2.45) is 0 Å². The fraction of sp³-hybridized carbons (Fsp3) is 0.0517. The number of aromatic nitrogens is 3. The average Bonchev–Trinajstić information content (AvgIpc) is 3.82. The molecule has 1 aliphatic carbocycles. The molecule has 0 N–H and O–H groups in total. The molecule has 0 fully saturated rings. The van der Waals surface area contributed by atoms with Crippen LogP contribution in [0.1, 0.15) is 25.0 Å². The summed E-state index contributed by atoms with van der Waals surface area (Å²) in [6, 6.07) is 72.1. The van der Waals surface area contributed by atoms with Crippen LogP contribution in [0.2, 0.25) is 0 Å². The molecule has 62 heavy (non-hydrogen) atoms. The molecule has 0 aliphatic heterocycles. The molecule has 1 aliphatic rings. The van der Waals surface area contributed by atoms with Gasteiger partial charge in [-0.1, -0.05) is 166 Å². The van der Waals surface area contributed by atoms with E-state index in [0.29, 0.717) is 17.5 Å². The van der Waals surface area contributed by atoms with Crippen LogP contribution in [0.3, 0.4) is 0 Å². The van der Waals surface area contributed by atoms with E-state index in [-0.39, 0.29) is 5.41 Å². The molecule has 0 spiro atoms. The van der Waals surface area contributed by atoms with E-state index in [0.717, 1.165) is 27.8 Å². The zero-order valence-corrected chi connectivity index (χ0v) is 35.1. The predicted molar refractivity (Wildman–Crippen MR) is 260 cm³/mol. The van der Waals surface area contributed by atoms with Gasteiger partial charge in [0, 0.05) is 42.3 Å². The topological polar surface area (TPSA) is 38.7 Å². The zero-order chi connectivity index (χ0) is 41.4. The van der Waals surface area contributed by atoms with Crippen molar-refractivity contribution in [3.8, 4) is 78.7 Å². The lowest BCUT2D eigenvalue weighted by atomic mass is 9.81. The van der Waals surface area contributed by atoms with E-state index in [9.17, 15) is 0 Å². The van der Waals surface area contributed by atoms with Gasteiger partial charge in [-0.05, 0) is 115 Å². The number of hydrogen-bond donors (Lipinski definition) is 0. The molecule has 2 heterocycles. The van der Waals surface area contributed by atoms with Gasteiger partial charge in [0.1, 0.15) is 0 Å². The van der Waals surface area contributed by atoms with E-state index in [2.05, 4.69) is 214 Å². The Hall–Kier alpha value is -7.53. The third-order valence-electron chi connectivity index (χ3n) is 12.7. The third kappa shape index (κ3) is 6.06. The Morgan fingerprint density at radius 3 is 1.65 bits per heavy atom. The van der Waals surface area contributed by atoms with Crippen molar-refractivity contribution in [3.63, 3.8) is 0 Å². The quantitative estimate of drug-likeness (QED) is 0.168. The summed E-state index contributed by atoms with van der Waals surface area (Å²) < 4.78 is 2.52. The summed E-state index contributed by atoms with van der Waals surface area (Å²) in [7, 11) is 0. The van der Waals surface area contributed by atoms with Crippen molar-refractivity contribution < 1.29 is 0 Å². The second-order valence-corrected chi connectivity index (χ2v) is 17.9. The minimum absolute atomic E-state index is 0.217. The van der Waals surface area contributed by atoms with Gasteiger partial charge in [-0.3, -0.25) is 0 Å². The minimum atomic E-state index is -0.217. The molecule has 0 unspecified atom stereocenters. The SMILES string of the molecule is CC1(C)c2cc(-c3nc(-c4cccc(-c5ccc6ccc(-c7ccccc7)cc6c5)c4)nc(-c4ccc5sc6ccccc6c5c4)n3)ccc2-c2c(-c3ccccc3)cccc21. The Bertz CT molecular complexity index is 3550. The molecule has 2 aromatic heterocycles. The van der Waals surface area contributed by atoms with Crippen molar-refractivity contribution in [1.29, 1.82) is 0 Å². The number of nitrogens with zero attached hydrogens (tertiary/aromatic N) is 3. The molecule has 9 aromatic carbocycles. The summed E-state index contributed by atoms with van der Waals surface area (Å²) in [5, 5.41) is 4.88. The lowest BCUT2D eigenvalue weighted by molar-refractivity contribution is 0.660. The molecular weight excluding hydrogens is 771 g/mol. The van der Waals surface area contributed by atoms with E-state index in [1.807, 2.05) is 11.3 Å². The fourth-order valence-corrected chi connectivity index (χ4v) is 10.6. The first kappa shape index (κ1) is 36.3. The van der Waals surface area contributed by atoms with E-state index in [1.54, 1.807) is 0 Å². The Balaban J connectivity index is 1.00. The Morgan fingerprint density at radius 2 is 0.887 bits per heavy atom. The molecule has 4 heteroatoms. The first-order valence-corrected chi connectivity index (χ1v) is 22.0. The number of fused-ring (bicyclic) bond motifs is 7. The number of thiophene rings is 1. The zero-order valence-electron chi connectivity index (χ0n) is 34.3. The lowest BCUT2D eigenvalue weighted by Gasteiger charge is -2.22. The highest BCUT2D eigenvalue weighted by molar-refractivity contribution is 7.25. The highest BCUT2D eigenvalue weighted by Crippen LogP contribution is 2.53. The van der Waals surface area contributed by atoms with Gasteiger partial charge in [0.2, 0.25) is 0 Å². The van der Waals surface area contributed by atoms with Crippen LogP contribution < -0.4 is 0 Å². The molecule has 0 saturated carbocycles. The predicted octanol–water partition coefficient (Wildman–Crippen LogP) is 15.7. The molecule has 0 saturated heterocycles. The molecule has 12 rings (SSSR count). The van der Waals surface area contributed by atoms with Crippen LogP contribution in [0.4, 0.5) is 0 Å². The minimum Gasteiger partial charge on any atom is -0.208 e. The van der Waals surface area contributed by atoms with Crippen molar-refractivity contribution in [2.75, 3.05) is 0 Å². The summed E-state index contributed by atoms with van der Waals surface area (Å²) in [5.74, 6) is 1.95. The maximum atomic E-state index is 5.30. The number of rotatable bonds is 6. The van der Waals surface area contributed by atoms with Gasteiger partial charge in [0.15, 0.2) is 17.5 Å². The van der Waals surface area contributed by atoms with Crippen LogP contribution in [0.5, 0.6) is 0 Å². The lowest BCUT2D eigenvalue weighted by Crippen LogP contribution is -2.15. The number of benzene rings is 9. The Morgan fingerprint density at radius 1 is 0.339 bits per heavy atom. The largest absolute Gasteiger partial charge is 0.208 e. The molecule has 0 bridgehead atoms. The summed E-state index contributed by atoms with van der Waals surface area (Å²) in [4.78, 5) is 15.8. The smallest absolute Gasteiger partial charge is 0.164 e. The van der Waals surface area contributed by atoms with Crippen LogP contribution in [-0.4, -0.2) is 15.0 Å². The number of hydrogen-bond acceptors (Lipinski definition) is 4. The summed E-state index contributed by atoms with van der Waals surface area (Å²) in [6.07, 6.45) is 0. The summed E-state index contributed by atoms with van der Waals surface area (Å²) in [5.41, 5.74) is 15.0. The second-order valence-electron chi connectivity index (χ2n) is 16.8. The van der Waals surface area contributed by atoms with Gasteiger partial charge in [-0.2, -0.15) is 0 Å². The standard InChI is InChI=1S/C58H39N3S/c1-58(2)50-21-12-20-46(38-15-7-4-8-16-38)54(50)48-29-27-44(35-51(48)58)57-60-55(59-56(61-57)43-28-30-53-49(34-43)47-19-9-10-22-52(47)62-53)42-18-11-17-39(31-42)41-26-24-37-23-25-40(32-45(37)33-41)36-13-5-3-6-14-36/h3-35H,1-2H3. The van der Waals surface area contributed by atoms with E-state index in [1.165, 1.54) is 75.5 Å². The first-order chi connectivity index (χ1) is 30.4. The fourth-order valence-electron chi connectivity index (χ4n) is 9.49. The Labute approximate surface area is 364 Å². The van der Waals surface area contributed by atoms with E-state index < -0.39 is 0 Å². The van der Waals surface area contributed by atoms with Crippen LogP contribution in [0.15, 0.2) is 200 Å². The van der Waals surface area contributed by atoms with Crippen LogP contribution >= 0.6 is 11.3 Å². The highest BCUT2D eigenvalue weighted by atomic mass is 32.1. The molecular formula is C58H39N3S. The Kier molecular flexibility index (Phi) is 8.38. The van der Waals surface area contributed by atoms with Gasteiger partial charge >= 0.3 is 0 Å². The van der Waals surface area contributed by atoms with Gasteiger partial charge in [-0.15, -0.1) is 11.3 Å². The van der Waals surface area contributed by atoms with Crippen LogP contribution in [0.25, 0.3) is 110 Å². The second kappa shape index (κ2) is 14.3. The van der Waals surface area contributed by atoms with Gasteiger partial charge in [0.25, 0.3) is 0 Å². The molecule has 3 nitrogen and oxygen atoms in total. The first-order valence-electron chi connectivity index (χ1n) is 21.2. The molecule has 0 atom stereocenters. The van der Waals surface area contributed by atoms with Crippen LogP contribution in [0, 0.1) is 0 Å². The molecule has 0 amide bonds. The van der Waals surface area contributed by atoms with E-state index >= 15 is 0 Å².